The molecule has 0 saturated carbocycles. The number of ketones is 1. The Hall–Kier alpha value is -5.20. The zero-order valence-corrected chi connectivity index (χ0v) is 32.2. The molecule has 16 nitrogen and oxygen atoms in total. The SMILES string of the molecule is CN(Cc1cc2cccnc2n1CCC(=O)C[C@@H](CS(=O)(=O)O)C(=O)NCCOCCOCCC(=O)O)N(C)C(=O)OCC1c2ccccc2-c2ccccc21. The minimum atomic E-state index is -4.59. The highest BCUT2D eigenvalue weighted by molar-refractivity contribution is 7.85. The fourth-order valence-electron chi connectivity index (χ4n) is 6.66. The standard InChI is InChI=1S/C39H47N5O11S/c1-42(43(2)39(49)55-25-35-33-11-5-3-9-31(33)32-10-4-6-12-34(32)35)24-29-22-27-8-7-15-40-37(27)44(29)17-13-30(45)23-28(26-56(50,51)52)38(48)41-16-19-54-21-20-53-18-14-36(46)47/h3-12,15,22,28,35H,13-14,16-21,23-26H2,1-2H3,(H,41,48)(H,46,47)(H,50,51,52)/t28-/m0/s1. The van der Waals surface area contributed by atoms with Crippen molar-refractivity contribution in [2.45, 2.75) is 38.3 Å². The van der Waals surface area contributed by atoms with Gasteiger partial charge in [0.2, 0.25) is 5.91 Å². The number of benzene rings is 2. The number of carbonyl (C=O) groups excluding carboxylic acids is 3. The number of pyridine rings is 1. The number of Topliss-reactive ketones (excluding diaryl/α,β-unsaturated/α-hetero) is 1. The van der Waals surface area contributed by atoms with Crippen LogP contribution in [0.3, 0.4) is 0 Å². The van der Waals surface area contributed by atoms with Crippen LogP contribution in [-0.2, 0) is 51.8 Å². The third kappa shape index (κ3) is 11.4. The Kier molecular flexibility index (Phi) is 14.7. The number of fused-ring (bicyclic) bond motifs is 4. The predicted octanol–water partition coefficient (Wildman–Crippen LogP) is 3.74. The Balaban J connectivity index is 1.15. The number of aromatic nitrogens is 2. The lowest BCUT2D eigenvalue weighted by Crippen LogP contribution is -2.41. The molecule has 0 spiro atoms. The second-order valence-corrected chi connectivity index (χ2v) is 14.9. The highest BCUT2D eigenvalue weighted by Gasteiger charge is 2.30. The first-order valence-corrected chi connectivity index (χ1v) is 19.8. The number of hydrogen-bond donors (Lipinski definition) is 3. The van der Waals surface area contributed by atoms with E-state index in [1.54, 1.807) is 31.4 Å². The Morgan fingerprint density at radius 1 is 0.911 bits per heavy atom. The van der Waals surface area contributed by atoms with Gasteiger partial charge in [-0.05, 0) is 40.5 Å². The first-order valence-electron chi connectivity index (χ1n) is 18.2. The molecule has 0 fully saturated rings. The molecule has 1 atom stereocenters. The van der Waals surface area contributed by atoms with Crippen molar-refractivity contribution in [2.24, 2.45) is 5.92 Å². The largest absolute Gasteiger partial charge is 0.481 e. The molecule has 0 saturated heterocycles. The Bertz CT molecular complexity index is 2080. The van der Waals surface area contributed by atoms with Gasteiger partial charge in [-0.25, -0.2) is 19.8 Å². The molecule has 0 bridgehead atoms. The molecule has 300 valence electrons. The first kappa shape index (κ1) is 42.0. The lowest BCUT2D eigenvalue weighted by molar-refractivity contribution is -0.138. The Morgan fingerprint density at radius 2 is 1.57 bits per heavy atom. The van der Waals surface area contributed by atoms with E-state index in [-0.39, 0.29) is 71.4 Å². The fourth-order valence-corrected chi connectivity index (χ4v) is 7.43. The molecule has 2 amide bonds. The summed E-state index contributed by atoms with van der Waals surface area (Å²) < 4.78 is 51.2. The lowest BCUT2D eigenvalue weighted by Gasteiger charge is -2.28. The summed E-state index contributed by atoms with van der Waals surface area (Å²) in [6.07, 6.45) is 0.446. The van der Waals surface area contributed by atoms with Gasteiger partial charge in [-0.3, -0.25) is 18.9 Å². The van der Waals surface area contributed by atoms with Crippen molar-refractivity contribution < 1.29 is 51.5 Å². The van der Waals surface area contributed by atoms with Gasteiger partial charge in [0.05, 0.1) is 51.1 Å². The molecule has 0 aliphatic heterocycles. The van der Waals surface area contributed by atoms with Crippen LogP contribution in [0.5, 0.6) is 0 Å². The summed E-state index contributed by atoms with van der Waals surface area (Å²) in [5, 5.41) is 15.0. The van der Waals surface area contributed by atoms with Gasteiger partial charge in [0.1, 0.15) is 18.0 Å². The molecule has 4 aromatic rings. The average molecular weight is 794 g/mol. The topological polar surface area (TPSA) is 207 Å². The van der Waals surface area contributed by atoms with Crippen LogP contribution < -0.4 is 5.32 Å². The normalized spacial score (nSPS) is 13.0. The zero-order chi connectivity index (χ0) is 40.2. The van der Waals surface area contributed by atoms with Gasteiger partial charge in [-0.15, -0.1) is 0 Å². The molecular formula is C39H47N5O11S. The maximum Gasteiger partial charge on any atom is 0.424 e. The van der Waals surface area contributed by atoms with E-state index >= 15 is 0 Å². The van der Waals surface area contributed by atoms with E-state index in [1.165, 1.54) is 5.01 Å². The molecule has 3 N–H and O–H groups in total. The number of nitrogens with one attached hydrogen (secondary N) is 1. The maximum atomic E-state index is 13.3. The third-order valence-corrected chi connectivity index (χ3v) is 10.3. The number of hydrazine groups is 1. The van der Waals surface area contributed by atoms with Crippen LogP contribution in [0.15, 0.2) is 72.9 Å². The minimum Gasteiger partial charge on any atom is -0.481 e. The summed E-state index contributed by atoms with van der Waals surface area (Å²) in [5.41, 5.74) is 5.82. The van der Waals surface area contributed by atoms with Crippen molar-refractivity contribution in [3.8, 4) is 11.1 Å². The molecule has 2 heterocycles. The first-order chi connectivity index (χ1) is 26.8. The van der Waals surface area contributed by atoms with E-state index < -0.39 is 52.0 Å². The zero-order valence-electron chi connectivity index (χ0n) is 31.3. The monoisotopic (exact) mass is 793 g/mol. The minimum absolute atomic E-state index is 0.00646. The number of carboxylic acids is 1. The molecule has 0 unspecified atom stereocenters. The molecule has 1 aliphatic rings. The van der Waals surface area contributed by atoms with Gasteiger partial charge < -0.3 is 29.2 Å². The number of amides is 2. The molecule has 2 aromatic carbocycles. The van der Waals surface area contributed by atoms with Crippen molar-refractivity contribution in [3.05, 3.63) is 89.7 Å². The maximum absolute atomic E-state index is 13.3. The van der Waals surface area contributed by atoms with E-state index in [2.05, 4.69) is 34.6 Å². The van der Waals surface area contributed by atoms with E-state index in [0.717, 1.165) is 33.3 Å². The number of carboxylic acid groups (broad SMARTS) is 1. The summed E-state index contributed by atoms with van der Waals surface area (Å²) in [6.45, 7) is 0.963. The molecule has 17 heteroatoms. The Morgan fingerprint density at radius 3 is 2.23 bits per heavy atom. The molecule has 0 radical (unpaired) electrons. The molecule has 1 aliphatic carbocycles. The van der Waals surface area contributed by atoms with E-state index in [4.69, 9.17) is 19.3 Å². The summed E-state index contributed by atoms with van der Waals surface area (Å²) in [4.78, 5) is 54.5. The van der Waals surface area contributed by atoms with Crippen LogP contribution in [0.2, 0.25) is 0 Å². The fraction of sp³-hybridized carbons (Fsp3) is 0.410. The smallest absolute Gasteiger partial charge is 0.424 e. The van der Waals surface area contributed by atoms with Crippen molar-refractivity contribution in [1.29, 1.82) is 0 Å². The van der Waals surface area contributed by atoms with E-state index in [9.17, 15) is 32.1 Å². The highest BCUT2D eigenvalue weighted by Crippen LogP contribution is 2.44. The van der Waals surface area contributed by atoms with Gasteiger partial charge in [-0.2, -0.15) is 8.42 Å². The Labute approximate surface area is 325 Å². The predicted molar refractivity (Wildman–Crippen MR) is 205 cm³/mol. The number of rotatable bonds is 22. The van der Waals surface area contributed by atoms with Gasteiger partial charge >= 0.3 is 12.1 Å². The van der Waals surface area contributed by atoms with Crippen LogP contribution in [-0.4, -0.2) is 121 Å². The summed E-state index contributed by atoms with van der Waals surface area (Å²) in [5.74, 6) is -4.49. The molecule has 5 rings (SSSR count). The van der Waals surface area contributed by atoms with Gasteiger partial charge in [-0.1, -0.05) is 48.5 Å². The van der Waals surface area contributed by atoms with E-state index in [1.807, 2.05) is 41.0 Å². The van der Waals surface area contributed by atoms with Crippen LogP contribution in [0.25, 0.3) is 22.2 Å². The lowest BCUT2D eigenvalue weighted by atomic mass is 9.98. The second kappa shape index (κ2) is 19.6. The third-order valence-electron chi connectivity index (χ3n) is 9.49. The molecule has 2 aromatic heterocycles. The number of aryl methyl sites for hydroxylation is 1. The van der Waals surface area contributed by atoms with Crippen molar-refractivity contribution in [2.75, 3.05) is 59.4 Å². The van der Waals surface area contributed by atoms with Crippen LogP contribution >= 0.6 is 0 Å². The number of ether oxygens (including phenoxy) is 3. The van der Waals surface area contributed by atoms with Crippen molar-refractivity contribution in [1.82, 2.24) is 24.9 Å². The number of carbonyl (C=O) groups is 4. The van der Waals surface area contributed by atoms with E-state index in [0.29, 0.717) is 5.65 Å². The van der Waals surface area contributed by atoms with Crippen LogP contribution in [0, 0.1) is 5.92 Å². The number of aliphatic carboxylic acids is 1. The second-order valence-electron chi connectivity index (χ2n) is 13.4. The summed E-state index contributed by atoms with van der Waals surface area (Å²) in [7, 11) is -1.24. The van der Waals surface area contributed by atoms with Gasteiger partial charge in [0.15, 0.2) is 0 Å². The van der Waals surface area contributed by atoms with Gasteiger partial charge in [0.25, 0.3) is 10.1 Å². The summed E-state index contributed by atoms with van der Waals surface area (Å²) >= 11 is 0. The average Bonchev–Trinajstić information content (AvgIpc) is 3.68. The van der Waals surface area contributed by atoms with Crippen molar-refractivity contribution >= 4 is 44.9 Å². The number of hydrogen-bond acceptors (Lipinski definition) is 11. The van der Waals surface area contributed by atoms with Gasteiger partial charge in [0, 0.05) is 63.2 Å². The van der Waals surface area contributed by atoms with Crippen LogP contribution in [0.1, 0.15) is 42.0 Å². The molecular weight excluding hydrogens is 747 g/mol. The number of nitrogens with zero attached hydrogens (tertiary/aromatic N) is 4. The summed E-state index contributed by atoms with van der Waals surface area (Å²) in [6, 6.07) is 21.8. The molecule has 56 heavy (non-hydrogen) atoms. The quantitative estimate of drug-likeness (QED) is 0.0590. The van der Waals surface area contributed by atoms with Crippen LogP contribution in [0.4, 0.5) is 4.79 Å². The highest BCUT2D eigenvalue weighted by atomic mass is 32.2. The van der Waals surface area contributed by atoms with Crippen molar-refractivity contribution in [3.63, 3.8) is 0 Å².